The molecule has 0 atom stereocenters. The number of carbonyl (C=O) groups is 1. The van der Waals surface area contributed by atoms with Crippen LogP contribution in [0.15, 0.2) is 18.7 Å². The number of hydrogen-bond acceptors (Lipinski definition) is 3. The summed E-state index contributed by atoms with van der Waals surface area (Å²) in [6.45, 7) is 2.04. The molecule has 0 spiro atoms. The standard InChI is InChI=1S/C8H13F5O.C4H4N2O2/c1-5(2,8(11,12)13)7(9,10)6(3,4)14;7-4(8)6-2-1-5-3-6/h14H,1-4H3;1-3H,(H,7,8). The van der Waals surface area contributed by atoms with E-state index in [1.165, 1.54) is 18.7 Å². The lowest BCUT2D eigenvalue weighted by Crippen LogP contribution is -2.58. The molecule has 0 radical (unpaired) electrons. The molecule has 1 aromatic heterocycles. The fourth-order valence-corrected chi connectivity index (χ4v) is 1.32. The maximum atomic E-state index is 13.2. The quantitative estimate of drug-likeness (QED) is 0.814. The van der Waals surface area contributed by atoms with Crippen molar-refractivity contribution < 1.29 is 37.0 Å². The molecule has 2 N–H and O–H groups in total. The highest BCUT2D eigenvalue weighted by molar-refractivity contribution is 5.67. The summed E-state index contributed by atoms with van der Waals surface area (Å²) in [5.74, 6) is -4.25. The highest BCUT2D eigenvalue weighted by Gasteiger charge is 2.68. The molecular weight excluding hydrogens is 315 g/mol. The van der Waals surface area contributed by atoms with Gasteiger partial charge in [-0.1, -0.05) is 0 Å². The fourth-order valence-electron chi connectivity index (χ4n) is 1.32. The minimum Gasteiger partial charge on any atom is -0.464 e. The summed E-state index contributed by atoms with van der Waals surface area (Å²) in [6.07, 6.45) is -2.09. The van der Waals surface area contributed by atoms with Gasteiger partial charge in [-0.15, -0.1) is 0 Å². The average Bonchev–Trinajstić information content (AvgIpc) is 2.79. The molecule has 0 saturated heterocycles. The number of carboxylic acid groups (broad SMARTS) is 1. The summed E-state index contributed by atoms with van der Waals surface area (Å²) in [5, 5.41) is 17.2. The largest absolute Gasteiger partial charge is 0.464 e. The minimum absolute atomic E-state index is 0.366. The number of hydrogen-bond donors (Lipinski definition) is 2. The third kappa shape index (κ3) is 4.15. The lowest BCUT2D eigenvalue weighted by molar-refractivity contribution is -0.324. The molecule has 10 heteroatoms. The van der Waals surface area contributed by atoms with Gasteiger partial charge in [0.1, 0.15) is 17.3 Å². The summed E-state index contributed by atoms with van der Waals surface area (Å²) in [4.78, 5) is 13.5. The molecular formula is C12H17F5N2O3. The van der Waals surface area contributed by atoms with Crippen LogP contribution >= 0.6 is 0 Å². The van der Waals surface area contributed by atoms with Crippen molar-refractivity contribution in [2.75, 3.05) is 0 Å². The van der Waals surface area contributed by atoms with E-state index in [4.69, 9.17) is 10.2 Å². The van der Waals surface area contributed by atoms with Crippen molar-refractivity contribution in [2.45, 2.75) is 45.4 Å². The number of alkyl halides is 5. The predicted molar refractivity (Wildman–Crippen MR) is 66.7 cm³/mol. The van der Waals surface area contributed by atoms with Gasteiger partial charge < -0.3 is 10.2 Å². The van der Waals surface area contributed by atoms with Crippen molar-refractivity contribution in [1.29, 1.82) is 0 Å². The Hall–Kier alpha value is -1.71. The first-order chi connectivity index (χ1) is 9.55. The summed E-state index contributed by atoms with van der Waals surface area (Å²) in [7, 11) is 0. The van der Waals surface area contributed by atoms with Crippen molar-refractivity contribution >= 4 is 6.09 Å². The first-order valence-electron chi connectivity index (χ1n) is 5.94. The zero-order valence-corrected chi connectivity index (χ0v) is 12.3. The monoisotopic (exact) mass is 332 g/mol. The predicted octanol–water partition coefficient (Wildman–Crippen LogP) is 3.39. The molecule has 0 fully saturated rings. The molecule has 0 aliphatic heterocycles. The van der Waals surface area contributed by atoms with E-state index in [1.54, 1.807) is 0 Å². The highest BCUT2D eigenvalue weighted by Crippen LogP contribution is 2.52. The van der Waals surface area contributed by atoms with Gasteiger partial charge in [0.05, 0.1) is 0 Å². The number of nitrogens with zero attached hydrogens (tertiary/aromatic N) is 2. The summed E-state index contributed by atoms with van der Waals surface area (Å²) in [6, 6.07) is 0. The molecule has 5 nitrogen and oxygen atoms in total. The zero-order chi connectivity index (χ0) is 18.0. The van der Waals surface area contributed by atoms with Gasteiger partial charge >= 0.3 is 12.3 Å². The maximum absolute atomic E-state index is 13.2. The third-order valence-electron chi connectivity index (χ3n) is 2.99. The van der Waals surface area contributed by atoms with Crippen LogP contribution in [0.3, 0.4) is 0 Å². The van der Waals surface area contributed by atoms with Gasteiger partial charge in [0.15, 0.2) is 0 Å². The Morgan fingerprint density at radius 1 is 1.09 bits per heavy atom. The maximum Gasteiger partial charge on any atom is 0.416 e. The van der Waals surface area contributed by atoms with E-state index in [2.05, 4.69) is 4.98 Å². The Morgan fingerprint density at radius 2 is 1.55 bits per heavy atom. The lowest BCUT2D eigenvalue weighted by Gasteiger charge is -2.42. The molecule has 1 rings (SSSR count). The third-order valence-corrected chi connectivity index (χ3v) is 2.99. The minimum atomic E-state index is -5.07. The number of rotatable bonds is 2. The summed E-state index contributed by atoms with van der Waals surface area (Å²) < 4.78 is 64.2. The van der Waals surface area contributed by atoms with Crippen LogP contribution in [0.2, 0.25) is 0 Å². The Labute approximate surface area is 123 Å². The van der Waals surface area contributed by atoms with Crippen LogP contribution < -0.4 is 0 Å². The molecule has 0 aliphatic rings. The smallest absolute Gasteiger partial charge is 0.416 e. The molecule has 0 saturated carbocycles. The molecule has 22 heavy (non-hydrogen) atoms. The Morgan fingerprint density at radius 3 is 1.68 bits per heavy atom. The topological polar surface area (TPSA) is 75.3 Å². The number of aliphatic hydroxyl groups is 1. The van der Waals surface area contributed by atoms with Gasteiger partial charge in [0, 0.05) is 12.4 Å². The van der Waals surface area contributed by atoms with E-state index < -0.39 is 29.2 Å². The van der Waals surface area contributed by atoms with Gasteiger partial charge in [0.25, 0.3) is 5.92 Å². The Kier molecular flexibility index (Phi) is 5.71. The number of aromatic nitrogens is 2. The van der Waals surface area contributed by atoms with E-state index in [0.29, 0.717) is 27.7 Å². The molecule has 0 unspecified atom stereocenters. The van der Waals surface area contributed by atoms with Crippen LogP contribution in [0.1, 0.15) is 27.7 Å². The highest BCUT2D eigenvalue weighted by atomic mass is 19.4. The van der Waals surface area contributed by atoms with Gasteiger partial charge in [-0.2, -0.15) is 13.2 Å². The normalized spacial score (nSPS) is 13.4. The van der Waals surface area contributed by atoms with Gasteiger partial charge in [-0.3, -0.25) is 0 Å². The van der Waals surface area contributed by atoms with Crippen molar-refractivity contribution in [3.05, 3.63) is 18.7 Å². The van der Waals surface area contributed by atoms with Crippen LogP contribution in [-0.2, 0) is 0 Å². The van der Waals surface area contributed by atoms with E-state index in [0.717, 1.165) is 4.57 Å². The SMILES string of the molecule is CC(C)(O)C(F)(F)C(C)(C)C(F)(F)F.O=C(O)n1ccnc1. The van der Waals surface area contributed by atoms with Crippen molar-refractivity contribution in [3.8, 4) is 0 Å². The zero-order valence-electron chi connectivity index (χ0n) is 12.3. The van der Waals surface area contributed by atoms with Gasteiger partial charge in [-0.25, -0.2) is 23.1 Å². The molecule has 0 aromatic carbocycles. The second-order valence-electron chi connectivity index (χ2n) is 5.51. The molecule has 0 aliphatic carbocycles. The first kappa shape index (κ1) is 20.3. The van der Waals surface area contributed by atoms with E-state index in [9.17, 15) is 26.7 Å². The van der Waals surface area contributed by atoms with E-state index in [-0.39, 0.29) is 0 Å². The van der Waals surface area contributed by atoms with Crippen molar-refractivity contribution in [2.24, 2.45) is 5.41 Å². The fraction of sp³-hybridized carbons (Fsp3) is 0.667. The Balaban J connectivity index is 0.000000461. The van der Waals surface area contributed by atoms with Crippen LogP contribution in [0.5, 0.6) is 0 Å². The van der Waals surface area contributed by atoms with Crippen LogP contribution in [0, 0.1) is 5.41 Å². The Bertz CT molecular complexity index is 466. The number of imidazole rings is 1. The lowest BCUT2D eigenvalue weighted by atomic mass is 9.77. The van der Waals surface area contributed by atoms with Gasteiger partial charge in [0.2, 0.25) is 0 Å². The molecule has 1 aromatic rings. The van der Waals surface area contributed by atoms with Crippen LogP contribution in [-0.4, -0.2) is 43.6 Å². The van der Waals surface area contributed by atoms with E-state index >= 15 is 0 Å². The average molecular weight is 332 g/mol. The second-order valence-corrected chi connectivity index (χ2v) is 5.51. The molecule has 0 amide bonds. The van der Waals surface area contributed by atoms with E-state index in [1.807, 2.05) is 0 Å². The van der Waals surface area contributed by atoms with Gasteiger partial charge in [-0.05, 0) is 27.7 Å². The second kappa shape index (κ2) is 6.19. The molecule has 1 heterocycles. The van der Waals surface area contributed by atoms with Crippen molar-refractivity contribution in [3.63, 3.8) is 0 Å². The summed E-state index contributed by atoms with van der Waals surface area (Å²) in [5.41, 5.74) is -5.98. The first-order valence-corrected chi connectivity index (χ1v) is 5.94. The summed E-state index contributed by atoms with van der Waals surface area (Å²) >= 11 is 0. The number of halogens is 5. The molecule has 128 valence electrons. The molecule has 0 bridgehead atoms. The van der Waals surface area contributed by atoms with Crippen LogP contribution in [0.25, 0.3) is 0 Å². The van der Waals surface area contributed by atoms with Crippen LogP contribution in [0.4, 0.5) is 26.7 Å². The van der Waals surface area contributed by atoms with Crippen molar-refractivity contribution in [1.82, 2.24) is 9.55 Å².